The van der Waals surface area contributed by atoms with Crippen molar-refractivity contribution in [3.8, 4) is 0 Å². The standard InChI is InChI=1S/C16H7Cl2F7N2O3.C16H9Cl2F7N2O/c17-10-5-8(14(19,15(20,21)22)16(23,24)25)6-11(18)12(10)26-13(28)7-1-3-9(4-2-7)27(29)30;17-10-5-8(14(19,15(20,21)22)16(23,24)25)6-11(18)12(10)27-13(28)7-1-3-9(26)4-2-7/h1-6H,(H,26,28);1-6H,26H2,(H,27,28). The van der Waals surface area contributed by atoms with Crippen molar-refractivity contribution < 1.29 is 76.0 Å². The second kappa shape index (κ2) is 16.8. The normalized spacial score (nSPS) is 12.7. The van der Waals surface area contributed by atoms with Crippen LogP contribution in [0, 0.1) is 10.1 Å². The summed E-state index contributed by atoms with van der Waals surface area (Å²) in [5, 5.41) is 11.3. The van der Waals surface area contributed by atoms with Gasteiger partial charge in [0.25, 0.3) is 17.5 Å². The van der Waals surface area contributed by atoms with E-state index in [0.717, 1.165) is 24.3 Å². The molecular weight excluding hydrogens is 912 g/mol. The Hall–Kier alpha value is -4.80. The van der Waals surface area contributed by atoms with E-state index in [1.54, 1.807) is 0 Å². The highest BCUT2D eigenvalue weighted by Gasteiger charge is 2.74. The molecule has 4 aromatic rings. The van der Waals surface area contributed by atoms with Crippen LogP contribution in [-0.2, 0) is 11.3 Å². The number of hydrogen-bond acceptors (Lipinski definition) is 5. The largest absolute Gasteiger partial charge is 0.435 e. The van der Waals surface area contributed by atoms with Crippen LogP contribution in [0.25, 0.3) is 0 Å². The molecule has 0 fully saturated rings. The smallest absolute Gasteiger partial charge is 0.399 e. The third kappa shape index (κ3) is 9.72. The SMILES string of the molecule is Nc1ccc(C(=O)Nc2c(Cl)cc(C(F)(C(F)(F)F)C(F)(F)F)cc2Cl)cc1.O=C(Nc1c(Cl)cc(C(F)(C(F)(F)F)C(F)(F)F)cc1Cl)c1ccc([N+](=O)[O-])cc1. The highest BCUT2D eigenvalue weighted by Crippen LogP contribution is 2.56. The second-order valence-electron chi connectivity index (χ2n) is 11.3. The molecule has 2 amide bonds. The van der Waals surface area contributed by atoms with Gasteiger partial charge in [0.05, 0.1) is 36.4 Å². The molecule has 0 aliphatic rings. The second-order valence-corrected chi connectivity index (χ2v) is 12.9. The van der Waals surface area contributed by atoms with Gasteiger partial charge in [-0.1, -0.05) is 46.4 Å². The number of carbonyl (C=O) groups is 2. The van der Waals surface area contributed by atoms with Crippen LogP contribution in [-0.4, -0.2) is 41.4 Å². The average Bonchev–Trinajstić information content (AvgIpc) is 3.08. The highest BCUT2D eigenvalue weighted by atomic mass is 35.5. The number of nitrogens with two attached hydrogens (primary N) is 1. The van der Waals surface area contributed by atoms with Crippen LogP contribution in [0.5, 0.6) is 0 Å². The van der Waals surface area contributed by atoms with E-state index in [9.17, 15) is 81.2 Å². The van der Waals surface area contributed by atoms with Crippen molar-refractivity contribution >= 4 is 81.0 Å². The zero-order valence-electron chi connectivity index (χ0n) is 27.4. The zero-order chi connectivity index (χ0) is 44.6. The number of hydrogen-bond donors (Lipinski definition) is 3. The molecule has 0 saturated carbocycles. The summed E-state index contributed by atoms with van der Waals surface area (Å²) in [4.78, 5) is 34.2. The minimum absolute atomic E-state index is 0.0415. The number of nitrogens with zero attached hydrogens (tertiary/aromatic N) is 1. The van der Waals surface area contributed by atoms with E-state index in [2.05, 4.69) is 5.32 Å². The van der Waals surface area contributed by atoms with E-state index in [4.69, 9.17) is 52.1 Å². The number of nitro groups is 1. The maximum Gasteiger partial charge on any atom is 0.435 e. The summed E-state index contributed by atoms with van der Waals surface area (Å²) in [5.41, 5.74) is -11.0. The van der Waals surface area contributed by atoms with E-state index in [1.165, 1.54) is 24.3 Å². The minimum Gasteiger partial charge on any atom is -0.399 e. The molecule has 4 aromatic carbocycles. The van der Waals surface area contributed by atoms with Crippen molar-refractivity contribution in [3.63, 3.8) is 0 Å². The summed E-state index contributed by atoms with van der Waals surface area (Å²) in [7, 11) is 0. The van der Waals surface area contributed by atoms with Crippen molar-refractivity contribution in [2.24, 2.45) is 0 Å². The van der Waals surface area contributed by atoms with Gasteiger partial charge >= 0.3 is 36.0 Å². The number of anilines is 3. The summed E-state index contributed by atoms with van der Waals surface area (Å²) in [6, 6.07) is 9.68. The van der Waals surface area contributed by atoms with Gasteiger partial charge in [-0.05, 0) is 60.7 Å². The summed E-state index contributed by atoms with van der Waals surface area (Å²) < 4.78 is 183. The van der Waals surface area contributed by atoms with Crippen LogP contribution in [0.4, 0.5) is 84.2 Å². The van der Waals surface area contributed by atoms with Crippen molar-refractivity contribution in [2.45, 2.75) is 36.0 Å². The number of nitrogens with one attached hydrogen (secondary N) is 2. The van der Waals surface area contributed by atoms with Crippen molar-refractivity contribution in [1.29, 1.82) is 0 Å². The van der Waals surface area contributed by atoms with E-state index in [-0.39, 0.29) is 41.1 Å². The first-order valence-corrected chi connectivity index (χ1v) is 16.2. The number of non-ortho nitro benzene ring substituents is 1. The van der Waals surface area contributed by atoms with E-state index >= 15 is 0 Å². The van der Waals surface area contributed by atoms with E-state index in [0.29, 0.717) is 5.69 Å². The van der Waals surface area contributed by atoms with Crippen LogP contribution in [0.2, 0.25) is 20.1 Å². The topological polar surface area (TPSA) is 127 Å². The van der Waals surface area contributed by atoms with Gasteiger partial charge in [0.2, 0.25) is 0 Å². The summed E-state index contributed by atoms with van der Waals surface area (Å²) >= 11 is 22.7. The summed E-state index contributed by atoms with van der Waals surface area (Å²) in [5.74, 6) is -1.81. The lowest BCUT2D eigenvalue weighted by molar-refractivity contribution is -0.384. The lowest BCUT2D eigenvalue weighted by Crippen LogP contribution is -2.50. The van der Waals surface area contributed by atoms with Crippen LogP contribution in [0.1, 0.15) is 31.8 Å². The number of nitrogen functional groups attached to an aromatic ring is 1. The Morgan fingerprint density at radius 3 is 1.02 bits per heavy atom. The molecule has 0 unspecified atom stereocenters. The molecule has 26 heteroatoms. The minimum atomic E-state index is -6.37. The zero-order valence-corrected chi connectivity index (χ0v) is 30.4. The fraction of sp³-hybridized carbons (Fsp3) is 0.188. The molecule has 0 atom stereocenters. The molecule has 0 spiro atoms. The number of carbonyl (C=O) groups excluding carboxylic acids is 2. The van der Waals surface area contributed by atoms with Crippen molar-refractivity contribution in [2.75, 3.05) is 16.4 Å². The predicted octanol–water partition coefficient (Wildman–Crippen LogP) is 12.6. The van der Waals surface area contributed by atoms with Gasteiger partial charge in [-0.3, -0.25) is 19.7 Å². The number of alkyl halides is 14. The third-order valence-electron chi connectivity index (χ3n) is 7.43. The predicted molar refractivity (Wildman–Crippen MR) is 183 cm³/mol. The van der Waals surface area contributed by atoms with Crippen LogP contribution >= 0.6 is 46.4 Å². The summed E-state index contributed by atoms with van der Waals surface area (Å²) in [6.07, 6.45) is -25.4. The molecule has 0 radical (unpaired) electrons. The van der Waals surface area contributed by atoms with E-state index in [1.807, 2.05) is 5.32 Å². The number of benzene rings is 4. The number of nitro benzene ring substituents is 1. The van der Waals surface area contributed by atoms with Crippen molar-refractivity contribution in [1.82, 2.24) is 0 Å². The fourth-order valence-electron chi connectivity index (χ4n) is 4.50. The third-order valence-corrected chi connectivity index (χ3v) is 8.62. The monoisotopic (exact) mass is 926 g/mol. The lowest BCUT2D eigenvalue weighted by atomic mass is 9.94. The molecule has 0 saturated heterocycles. The average molecular weight is 928 g/mol. The lowest BCUT2D eigenvalue weighted by Gasteiger charge is -2.30. The van der Waals surface area contributed by atoms with Gasteiger partial charge in [-0.15, -0.1) is 0 Å². The molecule has 0 bridgehead atoms. The Balaban J connectivity index is 0.000000311. The number of halogens is 18. The van der Waals surface area contributed by atoms with Crippen molar-refractivity contribution in [3.05, 3.63) is 125 Å². The maximum atomic E-state index is 14.2. The Morgan fingerprint density at radius 2 is 0.776 bits per heavy atom. The van der Waals surface area contributed by atoms with E-state index < -0.39 is 95.4 Å². The number of amides is 2. The van der Waals surface area contributed by atoms with Crippen LogP contribution < -0.4 is 16.4 Å². The Morgan fingerprint density at radius 1 is 0.517 bits per heavy atom. The number of rotatable bonds is 7. The first-order valence-electron chi connectivity index (χ1n) is 14.6. The molecule has 0 aromatic heterocycles. The van der Waals surface area contributed by atoms with Gasteiger partial charge < -0.3 is 16.4 Å². The van der Waals surface area contributed by atoms with Gasteiger partial charge in [0, 0.05) is 40.1 Å². The molecule has 0 heterocycles. The Bertz CT molecular complexity index is 2120. The first-order chi connectivity index (χ1) is 26.3. The first kappa shape index (κ1) is 47.6. The van der Waals surface area contributed by atoms with Crippen LogP contribution in [0.15, 0.2) is 72.8 Å². The van der Waals surface area contributed by atoms with Gasteiger partial charge in [-0.2, -0.15) is 52.7 Å². The molecule has 58 heavy (non-hydrogen) atoms. The molecule has 0 aliphatic carbocycles. The molecule has 314 valence electrons. The van der Waals surface area contributed by atoms with Gasteiger partial charge in [0.1, 0.15) is 0 Å². The van der Waals surface area contributed by atoms with Gasteiger partial charge in [0.15, 0.2) is 0 Å². The molecule has 8 nitrogen and oxygen atoms in total. The maximum absolute atomic E-state index is 14.2. The van der Waals surface area contributed by atoms with Gasteiger partial charge in [-0.25, -0.2) is 8.78 Å². The molecule has 4 N–H and O–H groups in total. The van der Waals surface area contributed by atoms with Crippen LogP contribution in [0.3, 0.4) is 0 Å². The fourth-order valence-corrected chi connectivity index (χ4v) is 5.66. The quantitative estimate of drug-likeness (QED) is 0.0736. The Labute approximate surface area is 333 Å². The molecule has 4 rings (SSSR count). The summed E-state index contributed by atoms with van der Waals surface area (Å²) in [6.45, 7) is 0. The Kier molecular flexibility index (Phi) is 13.8. The molecular formula is C32H16Cl4F14N4O4. The molecule has 0 aliphatic heterocycles. The highest BCUT2D eigenvalue weighted by molar-refractivity contribution is 6.41.